The van der Waals surface area contributed by atoms with Crippen LogP contribution in [-0.2, 0) is 4.79 Å². The molecule has 4 nitrogen and oxygen atoms in total. The van der Waals surface area contributed by atoms with Gasteiger partial charge in [-0.05, 0) is 12.1 Å². The highest BCUT2D eigenvalue weighted by Gasteiger charge is 2.02. The summed E-state index contributed by atoms with van der Waals surface area (Å²) in [5, 5.41) is 0.862. The highest BCUT2D eigenvalue weighted by molar-refractivity contribution is 5.97. The van der Waals surface area contributed by atoms with E-state index in [1.54, 1.807) is 12.3 Å². The number of H-pyrrole nitrogens is 1. The highest BCUT2D eigenvalue weighted by Crippen LogP contribution is 2.17. The van der Waals surface area contributed by atoms with E-state index in [1.165, 1.54) is 0 Å². The molecule has 3 N–H and O–H groups in total. The molecule has 1 amide bonds. The number of benzene rings is 1. The Balaban J connectivity index is 2.34. The average molecular weight is 226 g/mol. The number of carbonyl (C=O) groups is 2. The van der Waals surface area contributed by atoms with E-state index in [1.807, 2.05) is 12.1 Å². The van der Waals surface area contributed by atoms with Gasteiger partial charge in [-0.2, -0.15) is 0 Å². The molecule has 0 aliphatic carbocycles. The number of hydrogen-bond donors (Lipinski definition) is 2. The van der Waals surface area contributed by atoms with Gasteiger partial charge in [-0.3, -0.25) is 9.59 Å². The van der Waals surface area contributed by atoms with Gasteiger partial charge in [0.2, 0.25) is 5.91 Å². The van der Waals surface area contributed by atoms with Crippen molar-refractivity contribution in [1.82, 2.24) is 4.98 Å². The molecule has 0 aliphatic rings. The van der Waals surface area contributed by atoms with Crippen LogP contribution in [0.1, 0.15) is 22.3 Å². The van der Waals surface area contributed by atoms with Crippen LogP contribution in [0.2, 0.25) is 0 Å². The summed E-state index contributed by atoms with van der Waals surface area (Å²) in [6.07, 6.45) is 2.50. The average Bonchev–Trinajstić information content (AvgIpc) is 2.70. The summed E-state index contributed by atoms with van der Waals surface area (Å²) in [5.74, 6) is 5.07. The Morgan fingerprint density at radius 2 is 2.29 bits per heavy atom. The maximum Gasteiger partial charge on any atom is 0.229 e. The van der Waals surface area contributed by atoms with Crippen molar-refractivity contribution in [3.8, 4) is 11.8 Å². The Hall–Kier alpha value is -2.54. The fourth-order valence-electron chi connectivity index (χ4n) is 1.56. The summed E-state index contributed by atoms with van der Waals surface area (Å²) >= 11 is 0. The molecule has 2 aromatic rings. The summed E-state index contributed by atoms with van der Waals surface area (Å²) in [4.78, 5) is 24.2. The normalized spacial score (nSPS) is 9.65. The van der Waals surface area contributed by atoms with Gasteiger partial charge in [0.1, 0.15) is 0 Å². The van der Waals surface area contributed by atoms with E-state index in [-0.39, 0.29) is 6.42 Å². The molecule has 17 heavy (non-hydrogen) atoms. The first-order valence-electron chi connectivity index (χ1n) is 5.04. The first kappa shape index (κ1) is 11.0. The lowest BCUT2D eigenvalue weighted by molar-refractivity contribution is -0.117. The SMILES string of the molecule is NC(=O)CC#Cc1ccc2c(C=O)c[nH]c2c1. The molecule has 2 rings (SSSR count). The van der Waals surface area contributed by atoms with E-state index in [2.05, 4.69) is 16.8 Å². The Bertz CT molecular complexity index is 644. The van der Waals surface area contributed by atoms with Crippen LogP contribution >= 0.6 is 0 Å². The van der Waals surface area contributed by atoms with Crippen molar-refractivity contribution >= 4 is 23.1 Å². The maximum absolute atomic E-state index is 10.7. The maximum atomic E-state index is 10.7. The van der Waals surface area contributed by atoms with Crippen LogP contribution in [-0.4, -0.2) is 17.2 Å². The van der Waals surface area contributed by atoms with Gasteiger partial charge in [0.05, 0.1) is 6.42 Å². The molecule has 0 spiro atoms. The monoisotopic (exact) mass is 226 g/mol. The first-order chi connectivity index (χ1) is 8.20. The van der Waals surface area contributed by atoms with Crippen molar-refractivity contribution in [2.75, 3.05) is 0 Å². The van der Waals surface area contributed by atoms with Gasteiger partial charge < -0.3 is 10.7 Å². The third-order valence-electron chi connectivity index (χ3n) is 2.34. The van der Waals surface area contributed by atoms with Crippen LogP contribution < -0.4 is 5.73 Å². The third-order valence-corrected chi connectivity index (χ3v) is 2.34. The highest BCUT2D eigenvalue weighted by atomic mass is 16.1. The largest absolute Gasteiger partial charge is 0.369 e. The Kier molecular flexibility index (Phi) is 2.93. The molecule has 0 saturated carbocycles. The number of amides is 1. The molecular weight excluding hydrogens is 216 g/mol. The summed E-state index contributed by atoms with van der Waals surface area (Å²) in [6, 6.07) is 5.46. The fraction of sp³-hybridized carbons (Fsp3) is 0.0769. The molecule has 0 bridgehead atoms. The number of aromatic nitrogens is 1. The molecule has 84 valence electrons. The second kappa shape index (κ2) is 4.54. The third kappa shape index (κ3) is 2.34. The molecule has 0 atom stereocenters. The van der Waals surface area contributed by atoms with E-state index >= 15 is 0 Å². The van der Waals surface area contributed by atoms with Gasteiger partial charge in [-0.1, -0.05) is 17.9 Å². The van der Waals surface area contributed by atoms with Gasteiger partial charge in [0.25, 0.3) is 0 Å². The number of carbonyl (C=O) groups excluding carboxylic acids is 2. The molecule has 0 aliphatic heterocycles. The van der Waals surface area contributed by atoms with Gasteiger partial charge in [0.15, 0.2) is 6.29 Å². The minimum absolute atomic E-state index is 0.0440. The lowest BCUT2D eigenvalue weighted by atomic mass is 10.1. The number of primary amides is 1. The van der Waals surface area contributed by atoms with E-state index in [4.69, 9.17) is 5.73 Å². The van der Waals surface area contributed by atoms with Crippen molar-refractivity contribution in [2.24, 2.45) is 5.73 Å². The zero-order chi connectivity index (χ0) is 12.3. The predicted octanol–water partition coefficient (Wildman–Crippen LogP) is 1.21. The topological polar surface area (TPSA) is 76.0 Å². The van der Waals surface area contributed by atoms with Crippen LogP contribution in [0.4, 0.5) is 0 Å². The van der Waals surface area contributed by atoms with E-state index in [9.17, 15) is 9.59 Å². The van der Waals surface area contributed by atoms with Crippen molar-refractivity contribution < 1.29 is 9.59 Å². The summed E-state index contributed by atoms with van der Waals surface area (Å²) in [5.41, 5.74) is 7.23. The number of aromatic amines is 1. The van der Waals surface area contributed by atoms with Crippen molar-refractivity contribution in [1.29, 1.82) is 0 Å². The van der Waals surface area contributed by atoms with Crippen LogP contribution in [0.25, 0.3) is 10.9 Å². The number of hydrogen-bond acceptors (Lipinski definition) is 2. The molecule has 1 aromatic heterocycles. The van der Waals surface area contributed by atoms with E-state index in [0.717, 1.165) is 22.8 Å². The molecular formula is C13H10N2O2. The molecule has 0 saturated heterocycles. The smallest absolute Gasteiger partial charge is 0.229 e. The van der Waals surface area contributed by atoms with Crippen LogP contribution in [0.5, 0.6) is 0 Å². The van der Waals surface area contributed by atoms with Crippen LogP contribution in [0, 0.1) is 11.8 Å². The summed E-state index contributed by atoms with van der Waals surface area (Å²) < 4.78 is 0. The van der Waals surface area contributed by atoms with Gasteiger partial charge in [-0.15, -0.1) is 0 Å². The van der Waals surface area contributed by atoms with E-state index in [0.29, 0.717) is 5.56 Å². The Morgan fingerprint density at radius 3 is 3.00 bits per heavy atom. The van der Waals surface area contributed by atoms with Crippen molar-refractivity contribution in [3.05, 3.63) is 35.5 Å². The number of fused-ring (bicyclic) bond motifs is 1. The molecule has 0 unspecified atom stereocenters. The summed E-state index contributed by atoms with van der Waals surface area (Å²) in [7, 11) is 0. The van der Waals surface area contributed by atoms with Gasteiger partial charge in [-0.25, -0.2) is 0 Å². The molecule has 0 radical (unpaired) electrons. The number of nitrogens with one attached hydrogen (secondary N) is 1. The number of aldehydes is 1. The van der Waals surface area contributed by atoms with Gasteiger partial charge >= 0.3 is 0 Å². The molecule has 1 heterocycles. The quantitative estimate of drug-likeness (QED) is 0.596. The molecule has 0 fully saturated rings. The Morgan fingerprint density at radius 1 is 1.47 bits per heavy atom. The zero-order valence-electron chi connectivity index (χ0n) is 8.99. The summed E-state index contributed by atoms with van der Waals surface area (Å²) in [6.45, 7) is 0. The van der Waals surface area contributed by atoms with Crippen LogP contribution in [0.15, 0.2) is 24.4 Å². The number of rotatable bonds is 2. The first-order valence-corrected chi connectivity index (χ1v) is 5.04. The standard InChI is InChI=1S/C13H10N2O2/c14-13(17)3-1-2-9-4-5-11-10(8-16)7-15-12(11)6-9/h4-8,15H,3H2,(H2,14,17). The molecule has 4 heteroatoms. The second-order valence-corrected chi connectivity index (χ2v) is 3.57. The lowest BCUT2D eigenvalue weighted by Crippen LogP contribution is -2.08. The Labute approximate surface area is 97.8 Å². The van der Waals surface area contributed by atoms with E-state index < -0.39 is 5.91 Å². The second-order valence-electron chi connectivity index (χ2n) is 3.57. The van der Waals surface area contributed by atoms with Crippen molar-refractivity contribution in [3.63, 3.8) is 0 Å². The van der Waals surface area contributed by atoms with Gasteiger partial charge in [0, 0.05) is 28.2 Å². The zero-order valence-corrected chi connectivity index (χ0v) is 8.99. The lowest BCUT2D eigenvalue weighted by Gasteiger charge is -1.92. The van der Waals surface area contributed by atoms with Crippen LogP contribution in [0.3, 0.4) is 0 Å². The predicted molar refractivity (Wildman–Crippen MR) is 64.4 cm³/mol. The fourth-order valence-corrected chi connectivity index (χ4v) is 1.56. The van der Waals surface area contributed by atoms with Crippen molar-refractivity contribution in [2.45, 2.75) is 6.42 Å². The molecule has 1 aromatic carbocycles. The minimum Gasteiger partial charge on any atom is -0.369 e. The minimum atomic E-state index is -0.443. The number of nitrogens with two attached hydrogens (primary N) is 1.